The lowest BCUT2D eigenvalue weighted by atomic mass is 9.76. The van der Waals surface area contributed by atoms with Gasteiger partial charge in [-0.25, -0.2) is 0 Å². The smallest absolute Gasteiger partial charge is 0.154 e. The molecule has 0 atom stereocenters. The Kier molecular flexibility index (Phi) is 2.77. The summed E-state index contributed by atoms with van der Waals surface area (Å²) in [5.74, 6) is -0.208. The van der Waals surface area contributed by atoms with E-state index in [-0.39, 0.29) is 17.0 Å². The topological polar surface area (TPSA) is 57.9 Å². The molecule has 1 aliphatic carbocycles. The predicted octanol–water partition coefficient (Wildman–Crippen LogP) is 1.53. The highest BCUT2D eigenvalue weighted by Gasteiger charge is 2.39. The van der Waals surface area contributed by atoms with Gasteiger partial charge in [0, 0.05) is 12.8 Å². The number of ketones is 2. The Morgan fingerprint density at radius 1 is 1.38 bits per heavy atom. The quantitative estimate of drug-likeness (QED) is 0.472. The van der Waals surface area contributed by atoms with E-state index in [1.165, 1.54) is 0 Å². The first kappa shape index (κ1) is 10.3. The van der Waals surface area contributed by atoms with Gasteiger partial charge in [-0.2, -0.15) is 5.26 Å². The standard InChI is InChI=1S/C9H11NO2S/c1-9(2)3-6(11)8(13-5-10)7(12)4-9/h8H,3-4H2,1-2H3. The van der Waals surface area contributed by atoms with Crippen molar-refractivity contribution in [3.63, 3.8) is 0 Å². The fourth-order valence-electron chi connectivity index (χ4n) is 1.55. The van der Waals surface area contributed by atoms with E-state index in [0.29, 0.717) is 12.8 Å². The van der Waals surface area contributed by atoms with E-state index >= 15 is 0 Å². The van der Waals surface area contributed by atoms with Crippen LogP contribution in [-0.2, 0) is 9.59 Å². The summed E-state index contributed by atoms with van der Waals surface area (Å²) in [6.07, 6.45) is 0.802. The number of thiocyanates is 1. The summed E-state index contributed by atoms with van der Waals surface area (Å²) in [4.78, 5) is 22.8. The first-order valence-corrected chi connectivity index (χ1v) is 4.94. The molecular formula is C9H11NO2S. The van der Waals surface area contributed by atoms with Gasteiger partial charge >= 0.3 is 0 Å². The van der Waals surface area contributed by atoms with E-state index in [1.807, 2.05) is 13.8 Å². The number of hydrogen-bond acceptors (Lipinski definition) is 4. The molecule has 13 heavy (non-hydrogen) atoms. The molecule has 1 fully saturated rings. The average Bonchev–Trinajstić information content (AvgIpc) is 1.94. The Hall–Kier alpha value is -0.820. The van der Waals surface area contributed by atoms with E-state index in [1.54, 1.807) is 5.40 Å². The molecule has 0 N–H and O–H groups in total. The van der Waals surface area contributed by atoms with Gasteiger partial charge in [-0.3, -0.25) is 9.59 Å². The molecular weight excluding hydrogens is 186 g/mol. The number of thioether (sulfide) groups is 1. The van der Waals surface area contributed by atoms with Gasteiger partial charge in [-0.1, -0.05) is 13.8 Å². The van der Waals surface area contributed by atoms with Crippen LogP contribution in [0.3, 0.4) is 0 Å². The second-order valence-corrected chi connectivity index (χ2v) is 4.93. The van der Waals surface area contributed by atoms with Crippen LogP contribution in [0.1, 0.15) is 26.7 Å². The molecule has 4 heteroatoms. The van der Waals surface area contributed by atoms with Gasteiger partial charge in [0.25, 0.3) is 0 Å². The summed E-state index contributed by atoms with van der Waals surface area (Å²) in [5.41, 5.74) is -0.222. The fraction of sp³-hybridized carbons (Fsp3) is 0.667. The summed E-state index contributed by atoms with van der Waals surface area (Å²) < 4.78 is 0. The molecule has 0 saturated heterocycles. The van der Waals surface area contributed by atoms with Crippen molar-refractivity contribution < 1.29 is 9.59 Å². The van der Waals surface area contributed by atoms with Gasteiger partial charge in [-0.15, -0.1) is 0 Å². The molecule has 3 nitrogen and oxygen atoms in total. The number of carbonyl (C=O) groups is 2. The number of carbonyl (C=O) groups excluding carboxylic acids is 2. The molecule has 0 bridgehead atoms. The van der Waals surface area contributed by atoms with E-state index < -0.39 is 5.25 Å². The third kappa shape index (κ3) is 2.31. The van der Waals surface area contributed by atoms with E-state index in [9.17, 15) is 9.59 Å². The Bertz CT molecular complexity index is 270. The second-order valence-electron chi connectivity index (χ2n) is 4.04. The maximum absolute atomic E-state index is 11.4. The monoisotopic (exact) mass is 197 g/mol. The second kappa shape index (κ2) is 3.51. The van der Waals surface area contributed by atoms with Crippen molar-refractivity contribution in [3.05, 3.63) is 0 Å². The van der Waals surface area contributed by atoms with Crippen LogP contribution < -0.4 is 0 Å². The summed E-state index contributed by atoms with van der Waals surface area (Å²) in [6, 6.07) is 0. The molecule has 1 saturated carbocycles. The maximum atomic E-state index is 11.4. The molecule has 1 aliphatic rings. The van der Waals surface area contributed by atoms with Crippen LogP contribution in [0.4, 0.5) is 0 Å². The third-order valence-corrected chi connectivity index (χ3v) is 2.93. The molecule has 0 unspecified atom stereocenters. The Balaban J connectivity index is 2.78. The zero-order chi connectivity index (χ0) is 10.1. The third-order valence-electron chi connectivity index (χ3n) is 2.06. The van der Waals surface area contributed by atoms with E-state index in [4.69, 9.17) is 5.26 Å². The Labute approximate surface area is 81.5 Å². The van der Waals surface area contributed by atoms with Crippen LogP contribution in [0.25, 0.3) is 0 Å². The van der Waals surface area contributed by atoms with Gasteiger partial charge < -0.3 is 0 Å². The minimum Gasteiger partial charge on any atom is -0.298 e. The summed E-state index contributed by atoms with van der Waals surface area (Å²) >= 11 is 0.776. The zero-order valence-corrected chi connectivity index (χ0v) is 8.48. The van der Waals surface area contributed by atoms with Crippen LogP contribution in [0.2, 0.25) is 0 Å². The van der Waals surface area contributed by atoms with Crippen molar-refractivity contribution in [1.82, 2.24) is 0 Å². The maximum Gasteiger partial charge on any atom is 0.154 e. The number of Topliss-reactive ketones (excluding diaryl/α,β-unsaturated/α-hetero) is 2. The number of rotatable bonds is 1. The Morgan fingerprint density at radius 2 is 1.85 bits per heavy atom. The summed E-state index contributed by atoms with van der Waals surface area (Å²) in [6.45, 7) is 3.80. The molecule has 0 radical (unpaired) electrons. The molecule has 0 aromatic rings. The van der Waals surface area contributed by atoms with Crippen LogP contribution in [0, 0.1) is 16.1 Å². The molecule has 70 valence electrons. The molecule has 0 spiro atoms. The zero-order valence-electron chi connectivity index (χ0n) is 7.66. The van der Waals surface area contributed by atoms with E-state index in [0.717, 1.165) is 11.8 Å². The lowest BCUT2D eigenvalue weighted by Gasteiger charge is -2.30. The van der Waals surface area contributed by atoms with Crippen molar-refractivity contribution in [1.29, 1.82) is 5.26 Å². The van der Waals surface area contributed by atoms with Crippen LogP contribution in [-0.4, -0.2) is 16.8 Å². The normalized spacial score (nSPS) is 22.8. The predicted molar refractivity (Wildman–Crippen MR) is 50.0 cm³/mol. The van der Waals surface area contributed by atoms with Crippen LogP contribution >= 0.6 is 11.8 Å². The van der Waals surface area contributed by atoms with Crippen LogP contribution in [0.5, 0.6) is 0 Å². The highest BCUT2D eigenvalue weighted by Crippen LogP contribution is 2.35. The largest absolute Gasteiger partial charge is 0.298 e. The van der Waals surface area contributed by atoms with Crippen molar-refractivity contribution >= 4 is 23.3 Å². The summed E-state index contributed by atoms with van der Waals surface area (Å²) in [7, 11) is 0. The molecule has 0 aromatic carbocycles. The molecule has 0 aliphatic heterocycles. The minimum atomic E-state index is -0.724. The lowest BCUT2D eigenvalue weighted by molar-refractivity contribution is -0.132. The molecule has 1 rings (SSSR count). The SMILES string of the molecule is CC1(C)CC(=O)C(SC#N)C(=O)C1. The summed E-state index contributed by atoms with van der Waals surface area (Å²) in [5, 5.41) is 9.47. The van der Waals surface area contributed by atoms with Crippen molar-refractivity contribution in [2.75, 3.05) is 0 Å². The van der Waals surface area contributed by atoms with Gasteiger partial charge in [-0.05, 0) is 17.2 Å². The fourth-order valence-corrected chi connectivity index (χ4v) is 2.09. The molecule has 0 amide bonds. The lowest BCUT2D eigenvalue weighted by Crippen LogP contribution is -2.39. The van der Waals surface area contributed by atoms with Crippen molar-refractivity contribution in [2.24, 2.45) is 5.41 Å². The number of nitriles is 1. The van der Waals surface area contributed by atoms with Gasteiger partial charge in [0.1, 0.15) is 10.7 Å². The average molecular weight is 197 g/mol. The molecule has 0 aromatic heterocycles. The number of nitrogens with zero attached hydrogens (tertiary/aromatic N) is 1. The van der Waals surface area contributed by atoms with Crippen molar-refractivity contribution in [3.8, 4) is 5.40 Å². The van der Waals surface area contributed by atoms with Crippen LogP contribution in [0.15, 0.2) is 0 Å². The van der Waals surface area contributed by atoms with Crippen molar-refractivity contribution in [2.45, 2.75) is 31.9 Å². The molecule has 0 heterocycles. The highest BCUT2D eigenvalue weighted by atomic mass is 32.2. The van der Waals surface area contributed by atoms with Gasteiger partial charge in [0.15, 0.2) is 11.6 Å². The minimum absolute atomic E-state index is 0.104. The number of hydrogen-bond donors (Lipinski definition) is 0. The first-order valence-electron chi connectivity index (χ1n) is 4.06. The highest BCUT2D eigenvalue weighted by molar-refractivity contribution is 8.05. The van der Waals surface area contributed by atoms with Gasteiger partial charge in [0.2, 0.25) is 0 Å². The first-order chi connectivity index (χ1) is 5.96. The van der Waals surface area contributed by atoms with E-state index in [2.05, 4.69) is 0 Å². The Morgan fingerprint density at radius 3 is 2.23 bits per heavy atom. The van der Waals surface area contributed by atoms with Gasteiger partial charge in [0.05, 0.1) is 0 Å².